The van der Waals surface area contributed by atoms with E-state index in [0.717, 1.165) is 28.6 Å². The predicted molar refractivity (Wildman–Crippen MR) is 115 cm³/mol. The van der Waals surface area contributed by atoms with Crippen LogP contribution in [0.2, 0.25) is 0 Å². The zero-order chi connectivity index (χ0) is 22.7. The Bertz CT molecular complexity index is 1310. The van der Waals surface area contributed by atoms with Gasteiger partial charge >= 0.3 is 0 Å². The average molecular weight is 377 g/mol. The van der Waals surface area contributed by atoms with E-state index in [1.165, 1.54) is 5.56 Å². The van der Waals surface area contributed by atoms with Gasteiger partial charge in [-0.2, -0.15) is 0 Å². The van der Waals surface area contributed by atoms with E-state index in [1.807, 2.05) is 19.2 Å². The van der Waals surface area contributed by atoms with Crippen LogP contribution >= 0.6 is 0 Å². The van der Waals surface area contributed by atoms with Gasteiger partial charge in [0.25, 0.3) is 0 Å². The van der Waals surface area contributed by atoms with E-state index in [1.54, 1.807) is 13.0 Å². The van der Waals surface area contributed by atoms with E-state index in [0.29, 0.717) is 22.4 Å². The van der Waals surface area contributed by atoms with Gasteiger partial charge in [0.1, 0.15) is 7.05 Å². The highest BCUT2D eigenvalue weighted by Gasteiger charge is 2.23. The summed E-state index contributed by atoms with van der Waals surface area (Å²) in [7, 11) is 2.02. The van der Waals surface area contributed by atoms with E-state index in [-0.39, 0.29) is 11.0 Å². The lowest BCUT2D eigenvalue weighted by molar-refractivity contribution is -0.660. The van der Waals surface area contributed by atoms with Crippen LogP contribution in [0.4, 0.5) is 0 Å². The predicted octanol–water partition coefficient (Wildman–Crippen LogP) is 5.99. The first kappa shape index (κ1) is 15.3. The normalized spacial score (nSPS) is 14.3. The highest BCUT2D eigenvalue weighted by Crippen LogP contribution is 2.38. The summed E-state index contributed by atoms with van der Waals surface area (Å²) in [5, 5.41) is 1.37. The van der Waals surface area contributed by atoms with Gasteiger partial charge in [0.05, 0.1) is 10.9 Å². The summed E-state index contributed by atoms with van der Waals surface area (Å²) in [5.41, 5.74) is 6.49. The van der Waals surface area contributed by atoms with Gasteiger partial charge in [0, 0.05) is 27.3 Å². The minimum Gasteiger partial charge on any atom is -0.437 e. The minimum atomic E-state index is -2.24. The molecule has 0 saturated heterocycles. The molecule has 0 amide bonds. The van der Waals surface area contributed by atoms with E-state index >= 15 is 0 Å². The van der Waals surface area contributed by atoms with Gasteiger partial charge in [-0.1, -0.05) is 32.9 Å². The van der Waals surface area contributed by atoms with Crippen molar-refractivity contribution in [3.63, 3.8) is 0 Å². The van der Waals surface area contributed by atoms with Crippen LogP contribution in [0.25, 0.3) is 33.3 Å². The number of rotatable bonds is 2. The summed E-state index contributed by atoms with van der Waals surface area (Å²) in [6.07, 6.45) is 3.04. The third-order valence-electron chi connectivity index (χ3n) is 5.15. The first-order valence-electron chi connectivity index (χ1n) is 11.2. The van der Waals surface area contributed by atoms with E-state index in [9.17, 15) is 0 Å². The summed E-state index contributed by atoms with van der Waals surface area (Å²) >= 11 is 0. The number of furan rings is 1. The van der Waals surface area contributed by atoms with Crippen molar-refractivity contribution in [3.8, 4) is 11.3 Å². The monoisotopic (exact) mass is 376 g/mol. The third kappa shape index (κ3) is 3.19. The number of hydrogen-bond donors (Lipinski definition) is 0. The lowest BCUT2D eigenvalue weighted by Crippen LogP contribution is -2.31. The summed E-state index contributed by atoms with van der Waals surface area (Å²) < 4.78 is 32.4. The van der Waals surface area contributed by atoms with Gasteiger partial charge in [-0.05, 0) is 55.3 Å². The maximum atomic E-state index is 8.03. The van der Waals surface area contributed by atoms with E-state index in [4.69, 9.17) is 8.53 Å². The highest BCUT2D eigenvalue weighted by molar-refractivity contribution is 6.10. The van der Waals surface area contributed by atoms with Crippen molar-refractivity contribution >= 4 is 22.1 Å². The average Bonchev–Trinajstić information content (AvgIpc) is 2.98. The second kappa shape index (κ2) is 6.44. The van der Waals surface area contributed by atoms with Crippen LogP contribution in [-0.4, -0.2) is 4.98 Å². The molecule has 144 valence electrons. The molecular weight excluding hydrogens is 344 g/mol. The van der Waals surface area contributed by atoms with Crippen molar-refractivity contribution in [1.82, 2.24) is 4.98 Å². The summed E-state index contributed by atoms with van der Waals surface area (Å²) in [4.78, 5) is 4.52. The molecule has 4 rings (SSSR count). The topological polar surface area (TPSA) is 29.9 Å². The second-order valence-electron chi connectivity index (χ2n) is 9.00. The van der Waals surface area contributed by atoms with Gasteiger partial charge < -0.3 is 4.42 Å². The molecule has 0 unspecified atom stereocenters. The molecule has 28 heavy (non-hydrogen) atoms. The van der Waals surface area contributed by atoms with Gasteiger partial charge in [-0.3, -0.25) is 0 Å². The lowest BCUT2D eigenvalue weighted by atomic mass is 9.87. The lowest BCUT2D eigenvalue weighted by Gasteiger charge is -2.18. The van der Waals surface area contributed by atoms with Gasteiger partial charge in [-0.15, -0.1) is 0 Å². The smallest absolute Gasteiger partial charge is 0.227 e. The zero-order valence-corrected chi connectivity index (χ0v) is 17.5. The molecule has 0 bridgehead atoms. The largest absolute Gasteiger partial charge is 0.437 e. The van der Waals surface area contributed by atoms with Crippen molar-refractivity contribution in [1.29, 1.82) is 0 Å². The van der Waals surface area contributed by atoms with Gasteiger partial charge in [-0.25, -0.2) is 9.55 Å². The first-order chi connectivity index (χ1) is 14.3. The molecule has 0 radical (unpaired) electrons. The number of aromatic nitrogens is 2. The fourth-order valence-electron chi connectivity index (χ4n) is 3.96. The second-order valence-corrected chi connectivity index (χ2v) is 9.00. The number of benzene rings is 1. The Balaban J connectivity index is 2.06. The number of hydrogen-bond acceptors (Lipinski definition) is 2. The standard InChI is InChI=1S/C25H29N2O/c1-15-8-9-19-21-16(2)12-17(3)26-24(21)28-23(19)22(15)20-13-18(10-11-27(20)7)14-25(4,5)6/h8-13H,14H2,1-7H3/q+1/i2D3. The Labute approximate surface area is 171 Å². The first-order valence-corrected chi connectivity index (χ1v) is 9.68. The maximum Gasteiger partial charge on any atom is 0.227 e. The summed E-state index contributed by atoms with van der Waals surface area (Å²) in [6.45, 7) is 8.30. The van der Waals surface area contributed by atoms with Gasteiger partial charge in [0.15, 0.2) is 11.8 Å². The van der Waals surface area contributed by atoms with Crippen LogP contribution in [0.3, 0.4) is 0 Å². The highest BCUT2D eigenvalue weighted by atomic mass is 16.3. The molecule has 0 N–H and O–H groups in total. The van der Waals surface area contributed by atoms with Crippen molar-refractivity contribution in [3.05, 3.63) is 58.9 Å². The molecule has 0 spiro atoms. The molecule has 0 saturated carbocycles. The molecule has 0 fully saturated rings. The molecule has 4 aromatic rings. The Hall–Kier alpha value is -2.68. The molecule has 3 heteroatoms. The van der Waals surface area contributed by atoms with Crippen molar-refractivity contribution in [2.75, 3.05) is 0 Å². The van der Waals surface area contributed by atoms with Crippen LogP contribution in [0.5, 0.6) is 0 Å². The SMILES string of the molecule is [2H]C([2H])([2H])c1cc(C)nc2oc3c(-c4cc(CC(C)(C)C)cc[n+]4C)c(C)ccc3c12. The van der Waals surface area contributed by atoms with Crippen molar-refractivity contribution < 1.29 is 13.1 Å². The fourth-order valence-corrected chi connectivity index (χ4v) is 3.96. The molecule has 0 aliphatic carbocycles. The van der Waals surface area contributed by atoms with Crippen molar-refractivity contribution in [2.24, 2.45) is 12.5 Å². The molecule has 0 aliphatic heterocycles. The Kier molecular flexibility index (Phi) is 3.51. The number of nitrogens with zero attached hydrogens (tertiary/aromatic N) is 2. The summed E-state index contributed by atoms with van der Waals surface area (Å²) in [5.74, 6) is 0. The summed E-state index contributed by atoms with van der Waals surface area (Å²) in [6, 6.07) is 10.00. The number of pyridine rings is 2. The minimum absolute atomic E-state index is 0.174. The third-order valence-corrected chi connectivity index (χ3v) is 5.15. The maximum absolute atomic E-state index is 8.03. The van der Waals surface area contributed by atoms with E-state index < -0.39 is 6.85 Å². The Morgan fingerprint density at radius 3 is 2.61 bits per heavy atom. The fraction of sp³-hybridized carbons (Fsp3) is 0.360. The number of fused-ring (bicyclic) bond motifs is 3. The molecule has 0 aliphatic rings. The van der Waals surface area contributed by atoms with Crippen LogP contribution in [-0.2, 0) is 13.5 Å². The van der Waals surface area contributed by atoms with Crippen LogP contribution in [0.15, 0.2) is 40.9 Å². The van der Waals surface area contributed by atoms with E-state index in [2.05, 4.69) is 55.6 Å². The van der Waals surface area contributed by atoms with Crippen molar-refractivity contribution in [2.45, 2.75) is 47.9 Å². The van der Waals surface area contributed by atoms with Crippen LogP contribution < -0.4 is 4.57 Å². The molecule has 3 aromatic heterocycles. The van der Waals surface area contributed by atoms with Crippen LogP contribution in [0, 0.1) is 26.1 Å². The molecule has 1 aromatic carbocycles. The molecular formula is C25H29N2O+. The molecule has 3 nitrogen and oxygen atoms in total. The Morgan fingerprint density at radius 1 is 1.11 bits per heavy atom. The number of aryl methyl sites for hydroxylation is 4. The molecule has 0 atom stereocenters. The van der Waals surface area contributed by atoms with Gasteiger partial charge in [0.2, 0.25) is 11.4 Å². The molecule has 3 heterocycles. The zero-order valence-electron chi connectivity index (χ0n) is 20.5. The Morgan fingerprint density at radius 2 is 1.89 bits per heavy atom. The van der Waals surface area contributed by atoms with Crippen LogP contribution in [0.1, 0.15) is 47.3 Å². The quantitative estimate of drug-likeness (QED) is 0.402.